The lowest BCUT2D eigenvalue weighted by molar-refractivity contribution is -0.131. The minimum atomic E-state index is -0.990. The van der Waals surface area contributed by atoms with Gasteiger partial charge in [-0.05, 0) is 37.6 Å². The number of anilines is 1. The minimum Gasteiger partial charge on any atom is -0.478 e. The average molecular weight is 245 g/mol. The van der Waals surface area contributed by atoms with Crippen LogP contribution in [0.1, 0.15) is 19.4 Å². The van der Waals surface area contributed by atoms with E-state index in [0.717, 1.165) is 11.6 Å². The topological polar surface area (TPSA) is 66.4 Å². The largest absolute Gasteiger partial charge is 0.478 e. The van der Waals surface area contributed by atoms with Crippen molar-refractivity contribution in [2.75, 3.05) is 5.32 Å². The van der Waals surface area contributed by atoms with E-state index in [1.807, 2.05) is 0 Å². The number of carbonyl (C=O) groups is 2. The van der Waals surface area contributed by atoms with E-state index >= 15 is 0 Å². The number of carboxylic acids is 1. The standard InChI is InChI=1S/C14H15NO3/c1-3-10(2)14(18)15-12-7-4-11(5-8-12)6-9-13(16)17/h3-9H,1-2H3,(H,15,18)(H,16,17)/b9-6+,10-3+. The van der Waals surface area contributed by atoms with Crippen LogP contribution in [0.3, 0.4) is 0 Å². The van der Waals surface area contributed by atoms with E-state index < -0.39 is 5.97 Å². The van der Waals surface area contributed by atoms with Gasteiger partial charge < -0.3 is 10.4 Å². The Bertz CT molecular complexity index is 498. The summed E-state index contributed by atoms with van der Waals surface area (Å²) in [6.07, 6.45) is 4.29. The molecule has 0 atom stereocenters. The van der Waals surface area contributed by atoms with Gasteiger partial charge in [0, 0.05) is 17.3 Å². The Morgan fingerprint density at radius 2 is 1.83 bits per heavy atom. The van der Waals surface area contributed by atoms with Crippen molar-refractivity contribution in [2.45, 2.75) is 13.8 Å². The predicted octanol–water partition coefficient (Wildman–Crippen LogP) is 2.69. The lowest BCUT2D eigenvalue weighted by Crippen LogP contribution is -2.12. The maximum Gasteiger partial charge on any atom is 0.328 e. The van der Waals surface area contributed by atoms with Gasteiger partial charge in [-0.25, -0.2) is 4.79 Å². The highest BCUT2D eigenvalue weighted by Gasteiger charge is 2.02. The van der Waals surface area contributed by atoms with Gasteiger partial charge in [-0.1, -0.05) is 18.2 Å². The Morgan fingerprint density at radius 1 is 1.22 bits per heavy atom. The van der Waals surface area contributed by atoms with Crippen LogP contribution in [0.5, 0.6) is 0 Å². The van der Waals surface area contributed by atoms with E-state index in [4.69, 9.17) is 5.11 Å². The van der Waals surface area contributed by atoms with Gasteiger partial charge in [0.25, 0.3) is 5.91 Å². The molecule has 1 rings (SSSR count). The van der Waals surface area contributed by atoms with E-state index in [-0.39, 0.29) is 5.91 Å². The molecule has 1 amide bonds. The number of allylic oxidation sites excluding steroid dienone is 1. The molecule has 0 heterocycles. The van der Waals surface area contributed by atoms with Crippen LogP contribution in [0.4, 0.5) is 5.69 Å². The zero-order valence-corrected chi connectivity index (χ0v) is 10.3. The van der Waals surface area contributed by atoms with Gasteiger partial charge in [-0.2, -0.15) is 0 Å². The molecular formula is C14H15NO3. The molecule has 0 unspecified atom stereocenters. The zero-order valence-electron chi connectivity index (χ0n) is 10.3. The predicted molar refractivity (Wildman–Crippen MR) is 71.2 cm³/mol. The van der Waals surface area contributed by atoms with Crippen molar-refractivity contribution in [1.29, 1.82) is 0 Å². The molecule has 0 fully saturated rings. The normalized spacial score (nSPS) is 11.6. The first-order chi connectivity index (χ1) is 8.52. The summed E-state index contributed by atoms with van der Waals surface area (Å²) < 4.78 is 0. The third-order valence-electron chi connectivity index (χ3n) is 2.38. The van der Waals surface area contributed by atoms with E-state index in [1.165, 1.54) is 6.08 Å². The number of hydrogen-bond acceptors (Lipinski definition) is 2. The second kappa shape index (κ2) is 6.39. The van der Waals surface area contributed by atoms with Crippen LogP contribution in [0.25, 0.3) is 6.08 Å². The molecule has 4 nitrogen and oxygen atoms in total. The van der Waals surface area contributed by atoms with Crippen molar-refractivity contribution in [2.24, 2.45) is 0 Å². The Morgan fingerprint density at radius 3 is 2.33 bits per heavy atom. The minimum absolute atomic E-state index is 0.147. The van der Waals surface area contributed by atoms with Crippen LogP contribution in [0, 0.1) is 0 Å². The lowest BCUT2D eigenvalue weighted by atomic mass is 10.2. The Labute approximate surface area is 106 Å². The highest BCUT2D eigenvalue weighted by Crippen LogP contribution is 2.11. The molecule has 0 aliphatic rings. The maximum atomic E-state index is 11.6. The van der Waals surface area contributed by atoms with Gasteiger partial charge in [-0.3, -0.25) is 4.79 Å². The summed E-state index contributed by atoms with van der Waals surface area (Å²) in [4.78, 5) is 21.9. The Kier molecular flexibility index (Phi) is 4.87. The first-order valence-electron chi connectivity index (χ1n) is 5.48. The summed E-state index contributed by atoms with van der Waals surface area (Å²) in [5, 5.41) is 11.2. The average Bonchev–Trinajstić information content (AvgIpc) is 2.36. The van der Waals surface area contributed by atoms with Crippen molar-refractivity contribution in [3.63, 3.8) is 0 Å². The molecule has 0 spiro atoms. The van der Waals surface area contributed by atoms with Crippen molar-refractivity contribution in [3.8, 4) is 0 Å². The van der Waals surface area contributed by atoms with Gasteiger partial charge in [0.05, 0.1) is 0 Å². The summed E-state index contributed by atoms with van der Waals surface area (Å²) in [5.74, 6) is -1.14. The van der Waals surface area contributed by atoms with Crippen LogP contribution in [0.15, 0.2) is 42.0 Å². The molecule has 2 N–H and O–H groups in total. The molecule has 0 aliphatic heterocycles. The molecule has 0 saturated carbocycles. The second-order valence-electron chi connectivity index (χ2n) is 3.72. The molecule has 0 aromatic heterocycles. The number of benzene rings is 1. The quantitative estimate of drug-likeness (QED) is 0.801. The summed E-state index contributed by atoms with van der Waals surface area (Å²) >= 11 is 0. The number of rotatable bonds is 4. The van der Waals surface area contributed by atoms with Crippen molar-refractivity contribution in [3.05, 3.63) is 47.6 Å². The highest BCUT2D eigenvalue weighted by molar-refractivity contribution is 6.03. The van der Waals surface area contributed by atoms with Crippen LogP contribution >= 0.6 is 0 Å². The van der Waals surface area contributed by atoms with E-state index in [9.17, 15) is 9.59 Å². The molecule has 1 aromatic carbocycles. The van der Waals surface area contributed by atoms with Gasteiger partial charge in [0.1, 0.15) is 0 Å². The van der Waals surface area contributed by atoms with Crippen LogP contribution in [-0.2, 0) is 9.59 Å². The van der Waals surface area contributed by atoms with Crippen LogP contribution < -0.4 is 5.32 Å². The summed E-state index contributed by atoms with van der Waals surface area (Å²) in [6.45, 7) is 3.54. The molecule has 94 valence electrons. The fourth-order valence-corrected chi connectivity index (χ4v) is 1.21. The third kappa shape index (κ3) is 4.25. The van der Waals surface area contributed by atoms with Gasteiger partial charge in [-0.15, -0.1) is 0 Å². The molecule has 1 aromatic rings. The van der Waals surface area contributed by atoms with E-state index in [0.29, 0.717) is 11.3 Å². The molecule has 18 heavy (non-hydrogen) atoms. The Hall–Kier alpha value is -2.36. The number of hydrogen-bond donors (Lipinski definition) is 2. The molecular weight excluding hydrogens is 230 g/mol. The van der Waals surface area contributed by atoms with E-state index in [2.05, 4.69) is 5.32 Å². The van der Waals surface area contributed by atoms with Crippen molar-refractivity contribution >= 4 is 23.6 Å². The molecule has 0 aliphatic carbocycles. The first-order valence-corrected chi connectivity index (χ1v) is 5.48. The molecule has 0 bridgehead atoms. The van der Waals surface area contributed by atoms with E-state index in [1.54, 1.807) is 44.2 Å². The van der Waals surface area contributed by atoms with Crippen molar-refractivity contribution in [1.82, 2.24) is 0 Å². The van der Waals surface area contributed by atoms with Gasteiger partial charge in [0.15, 0.2) is 0 Å². The van der Waals surface area contributed by atoms with Crippen LogP contribution in [-0.4, -0.2) is 17.0 Å². The SMILES string of the molecule is C/C=C(\C)C(=O)Nc1ccc(/C=C/C(=O)O)cc1. The number of carbonyl (C=O) groups excluding carboxylic acids is 1. The molecule has 0 radical (unpaired) electrons. The fraction of sp³-hybridized carbons (Fsp3) is 0.143. The fourth-order valence-electron chi connectivity index (χ4n) is 1.21. The number of nitrogens with one attached hydrogen (secondary N) is 1. The summed E-state index contributed by atoms with van der Waals surface area (Å²) in [5.41, 5.74) is 2.08. The number of amides is 1. The molecule has 0 saturated heterocycles. The second-order valence-corrected chi connectivity index (χ2v) is 3.72. The number of aliphatic carboxylic acids is 1. The van der Waals surface area contributed by atoms with Crippen LogP contribution in [0.2, 0.25) is 0 Å². The number of carboxylic acid groups (broad SMARTS) is 1. The molecule has 4 heteroatoms. The summed E-state index contributed by atoms with van der Waals surface area (Å²) in [7, 11) is 0. The first kappa shape index (κ1) is 13.7. The third-order valence-corrected chi connectivity index (χ3v) is 2.38. The van der Waals surface area contributed by atoms with Gasteiger partial charge >= 0.3 is 5.97 Å². The monoisotopic (exact) mass is 245 g/mol. The van der Waals surface area contributed by atoms with Gasteiger partial charge in [0.2, 0.25) is 0 Å². The lowest BCUT2D eigenvalue weighted by Gasteiger charge is -2.05. The zero-order chi connectivity index (χ0) is 13.5. The smallest absolute Gasteiger partial charge is 0.328 e. The maximum absolute atomic E-state index is 11.6. The Balaban J connectivity index is 2.72. The summed E-state index contributed by atoms with van der Waals surface area (Å²) in [6, 6.07) is 6.92. The van der Waals surface area contributed by atoms with Crippen molar-refractivity contribution < 1.29 is 14.7 Å². The highest BCUT2D eigenvalue weighted by atomic mass is 16.4.